The number of ether oxygens (including phenoxy) is 1. The molecule has 1 nitrogen and oxygen atoms in total. The number of halogens is 1. The van der Waals surface area contributed by atoms with Gasteiger partial charge in [0.05, 0.1) is 11.7 Å². The first-order valence-corrected chi connectivity index (χ1v) is 8.35. The molecule has 1 aliphatic rings. The minimum absolute atomic E-state index is 0. The van der Waals surface area contributed by atoms with Crippen LogP contribution in [0.25, 0.3) is 0 Å². The molecule has 3 heteroatoms. The largest absolute Gasteiger partial charge is 1.00 e. The van der Waals surface area contributed by atoms with Crippen LogP contribution in [0.4, 0.5) is 0 Å². The molecule has 1 atom stereocenters. The molecule has 0 amide bonds. The van der Waals surface area contributed by atoms with Crippen molar-refractivity contribution in [1.82, 2.24) is 0 Å². The van der Waals surface area contributed by atoms with Crippen molar-refractivity contribution in [3.8, 4) is 0 Å². The summed E-state index contributed by atoms with van der Waals surface area (Å²) in [6.45, 7) is 4.21. The van der Waals surface area contributed by atoms with Gasteiger partial charge in [0, 0.05) is 12.8 Å². The Morgan fingerprint density at radius 3 is 1.88 bits per heavy atom. The molecule has 3 rings (SSSR count). The van der Waals surface area contributed by atoms with Gasteiger partial charge < -0.3 is 17.1 Å². The molecule has 2 radical (unpaired) electrons. The number of rotatable bonds is 4. The Hall–Kier alpha value is -0.375. The van der Waals surface area contributed by atoms with Gasteiger partial charge in [0.1, 0.15) is 0 Å². The summed E-state index contributed by atoms with van der Waals surface area (Å²) in [5, 5.41) is 0. The standard InChI is InChI=1S/C21H25O.ClH.Hg/c1-18-10-8-9-15-21(22-18,16-19-11-4-2-5-12-19)17-20-13-6-3-7-14-20;;/h2-7,11-14,18H,1,8-10,15-17H2;1H;/q;;+1/p-1. The molecule has 1 saturated heterocycles. The van der Waals surface area contributed by atoms with Crippen LogP contribution >= 0.6 is 0 Å². The molecular weight excluding hydrogens is 504 g/mol. The Labute approximate surface area is 173 Å². The molecule has 0 aliphatic carbocycles. The van der Waals surface area contributed by atoms with E-state index in [0.29, 0.717) is 0 Å². The maximum atomic E-state index is 6.50. The number of hydrogen-bond donors (Lipinski definition) is 0. The Morgan fingerprint density at radius 1 is 0.875 bits per heavy atom. The second-order valence-corrected chi connectivity index (χ2v) is 6.49. The third kappa shape index (κ3) is 6.17. The topological polar surface area (TPSA) is 9.23 Å². The van der Waals surface area contributed by atoms with Crippen molar-refractivity contribution in [2.24, 2.45) is 0 Å². The van der Waals surface area contributed by atoms with E-state index in [1.54, 1.807) is 0 Å². The van der Waals surface area contributed by atoms with Crippen LogP contribution in [0.2, 0.25) is 0 Å². The molecule has 1 fully saturated rings. The minimum Gasteiger partial charge on any atom is -1.00 e. The van der Waals surface area contributed by atoms with Crippen LogP contribution in [0.5, 0.6) is 0 Å². The van der Waals surface area contributed by atoms with Crippen LogP contribution in [0.1, 0.15) is 36.8 Å². The molecule has 0 aromatic heterocycles. The first kappa shape index (κ1) is 21.7. The molecule has 0 spiro atoms. The van der Waals surface area contributed by atoms with Crippen LogP contribution in [-0.2, 0) is 45.2 Å². The van der Waals surface area contributed by atoms with Gasteiger partial charge in [-0.1, -0.05) is 73.5 Å². The van der Waals surface area contributed by atoms with Gasteiger partial charge in [-0.05, 0) is 30.9 Å². The molecule has 124 valence electrons. The van der Waals surface area contributed by atoms with Crippen molar-refractivity contribution in [3.63, 3.8) is 0 Å². The van der Waals surface area contributed by atoms with E-state index in [9.17, 15) is 0 Å². The van der Waals surface area contributed by atoms with Crippen molar-refractivity contribution in [1.29, 1.82) is 0 Å². The Kier molecular flexibility index (Phi) is 9.55. The molecule has 1 aliphatic heterocycles. The van der Waals surface area contributed by atoms with Crippen molar-refractivity contribution in [3.05, 3.63) is 78.7 Å². The monoisotopic (exact) mass is 530 g/mol. The van der Waals surface area contributed by atoms with Gasteiger partial charge in [0.25, 0.3) is 0 Å². The minimum atomic E-state index is -0.119. The van der Waals surface area contributed by atoms with E-state index in [2.05, 4.69) is 67.6 Å². The molecule has 0 N–H and O–H groups in total. The second kappa shape index (κ2) is 10.6. The van der Waals surface area contributed by atoms with Crippen LogP contribution in [-0.4, -0.2) is 11.7 Å². The molecule has 2 aromatic carbocycles. The van der Waals surface area contributed by atoms with Gasteiger partial charge in [0.15, 0.2) is 0 Å². The van der Waals surface area contributed by atoms with E-state index < -0.39 is 0 Å². The van der Waals surface area contributed by atoms with E-state index >= 15 is 0 Å². The first-order chi connectivity index (χ1) is 10.8. The van der Waals surface area contributed by atoms with Gasteiger partial charge >= 0.3 is 27.7 Å². The summed E-state index contributed by atoms with van der Waals surface area (Å²) in [5.74, 6) is 0. The van der Waals surface area contributed by atoms with Gasteiger partial charge in [-0.2, -0.15) is 0 Å². The Balaban J connectivity index is 0.00000144. The predicted molar refractivity (Wildman–Crippen MR) is 91.7 cm³/mol. The van der Waals surface area contributed by atoms with Crippen LogP contribution < -0.4 is 12.4 Å². The zero-order valence-electron chi connectivity index (χ0n) is 14.3. The Morgan fingerprint density at radius 2 is 1.38 bits per heavy atom. The third-order valence-corrected chi connectivity index (χ3v) is 4.56. The fraction of sp³-hybridized carbons (Fsp3) is 0.381. The maximum absolute atomic E-state index is 6.50. The molecule has 0 saturated carbocycles. The summed E-state index contributed by atoms with van der Waals surface area (Å²) in [6, 6.07) is 21.4. The summed E-state index contributed by atoms with van der Waals surface area (Å²) in [7, 11) is 0. The van der Waals surface area contributed by atoms with Gasteiger partial charge in [-0.15, -0.1) is 0 Å². The SMILES string of the molecule is [CH2]C1CCCCC(Cc2ccccc2)(Cc2ccccc2)O1.[Cl-].[Hg+]. The summed E-state index contributed by atoms with van der Waals surface area (Å²) in [4.78, 5) is 0. The number of benzene rings is 2. The third-order valence-electron chi connectivity index (χ3n) is 4.56. The van der Waals surface area contributed by atoms with Gasteiger partial charge in [-0.3, -0.25) is 0 Å². The first-order valence-electron chi connectivity index (χ1n) is 8.35. The maximum Gasteiger partial charge on any atom is 1.00 e. The van der Waals surface area contributed by atoms with Crippen LogP contribution in [0.15, 0.2) is 60.7 Å². The van der Waals surface area contributed by atoms with Crippen molar-refractivity contribution in [2.45, 2.75) is 50.2 Å². The van der Waals surface area contributed by atoms with E-state index in [-0.39, 0.29) is 51.8 Å². The fourth-order valence-electron chi connectivity index (χ4n) is 3.55. The zero-order chi connectivity index (χ0) is 15.3. The van der Waals surface area contributed by atoms with Gasteiger partial charge in [0.2, 0.25) is 0 Å². The smallest absolute Gasteiger partial charge is 1.00 e. The molecular formula is C21H25ClHgO. The average Bonchev–Trinajstić information content (AvgIpc) is 2.71. The fourth-order valence-corrected chi connectivity index (χ4v) is 3.55. The second-order valence-electron chi connectivity index (χ2n) is 6.49. The molecule has 0 bridgehead atoms. The summed E-state index contributed by atoms with van der Waals surface area (Å²) in [5.41, 5.74) is 2.59. The van der Waals surface area contributed by atoms with Crippen LogP contribution in [0.3, 0.4) is 0 Å². The summed E-state index contributed by atoms with van der Waals surface area (Å²) >= 11 is 0. The average molecular weight is 529 g/mol. The summed E-state index contributed by atoms with van der Waals surface area (Å²) < 4.78 is 6.50. The van der Waals surface area contributed by atoms with E-state index in [4.69, 9.17) is 4.74 Å². The summed E-state index contributed by atoms with van der Waals surface area (Å²) in [6.07, 6.45) is 6.68. The molecule has 24 heavy (non-hydrogen) atoms. The van der Waals surface area contributed by atoms with E-state index in [0.717, 1.165) is 25.7 Å². The number of hydrogen-bond acceptors (Lipinski definition) is 1. The molecule has 1 unspecified atom stereocenters. The van der Waals surface area contributed by atoms with Crippen molar-refractivity contribution >= 4 is 0 Å². The van der Waals surface area contributed by atoms with E-state index in [1.165, 1.54) is 24.0 Å². The van der Waals surface area contributed by atoms with Crippen molar-refractivity contribution in [2.75, 3.05) is 0 Å². The Bertz CT molecular complexity index is 531. The van der Waals surface area contributed by atoms with E-state index in [1.807, 2.05) is 0 Å². The normalized spacial score (nSPS) is 19.5. The van der Waals surface area contributed by atoms with Crippen LogP contribution in [0, 0.1) is 6.92 Å². The zero-order valence-corrected chi connectivity index (χ0v) is 20.5. The predicted octanol–water partition coefficient (Wildman–Crippen LogP) is 2.01. The quantitative estimate of drug-likeness (QED) is 0.551. The molecule has 2 aromatic rings. The van der Waals surface area contributed by atoms with Crippen molar-refractivity contribution < 1.29 is 44.8 Å². The molecule has 1 heterocycles. The van der Waals surface area contributed by atoms with Gasteiger partial charge in [-0.25, -0.2) is 0 Å².